The van der Waals surface area contributed by atoms with E-state index in [0.717, 1.165) is 16.7 Å². The molecule has 0 heterocycles. The van der Waals surface area contributed by atoms with E-state index in [2.05, 4.69) is 17.2 Å². The molecule has 6 heteroatoms. The molecule has 0 aliphatic carbocycles. The number of benzene rings is 3. The summed E-state index contributed by atoms with van der Waals surface area (Å²) in [5.41, 5.74) is 3.25. The number of hydrogen-bond acceptors (Lipinski definition) is 3. The summed E-state index contributed by atoms with van der Waals surface area (Å²) in [4.78, 5) is 23.8. The van der Waals surface area contributed by atoms with Crippen molar-refractivity contribution in [3.63, 3.8) is 0 Å². The molecule has 3 aromatic rings. The zero-order valence-electron chi connectivity index (χ0n) is 17.8. The summed E-state index contributed by atoms with van der Waals surface area (Å²) in [5.74, 6) is -0.0128. The van der Waals surface area contributed by atoms with Crippen LogP contribution >= 0.6 is 0 Å². The molecule has 0 radical (unpaired) electrons. The van der Waals surface area contributed by atoms with Crippen LogP contribution in [0.4, 0.5) is 4.39 Å². The van der Waals surface area contributed by atoms with Gasteiger partial charge in [0, 0.05) is 12.1 Å². The van der Waals surface area contributed by atoms with Crippen molar-refractivity contribution in [3.8, 4) is 5.75 Å². The minimum atomic E-state index is -0.276. The fourth-order valence-electron chi connectivity index (χ4n) is 3.00. The third kappa shape index (κ3) is 6.54. The smallest absolute Gasteiger partial charge is 0.251 e. The first-order valence-corrected chi connectivity index (χ1v) is 10.2. The zero-order valence-corrected chi connectivity index (χ0v) is 17.8. The molecule has 3 aromatic carbocycles. The number of amides is 2. The fourth-order valence-corrected chi connectivity index (χ4v) is 3.00. The quantitative estimate of drug-likeness (QED) is 0.482. The van der Waals surface area contributed by atoms with Crippen LogP contribution in [0.3, 0.4) is 0 Å². The molecule has 5 nitrogen and oxygen atoms in total. The van der Waals surface area contributed by atoms with Gasteiger partial charge < -0.3 is 15.4 Å². The van der Waals surface area contributed by atoms with Crippen molar-refractivity contribution in [1.82, 2.24) is 10.6 Å². The molecule has 1 unspecified atom stereocenters. The number of ether oxygens (including phenoxy) is 1. The SMILES string of the molecule is C=CC(=O)NCc1ccc(C(=O)NC(C)c2ccc(OCc3ccc(F)cc3)cc2)cc1. The second-order valence-electron chi connectivity index (χ2n) is 7.30. The average Bonchev–Trinajstić information content (AvgIpc) is 2.82. The van der Waals surface area contributed by atoms with Crippen molar-refractivity contribution in [2.24, 2.45) is 0 Å². The molecule has 0 fully saturated rings. The third-order valence-corrected chi connectivity index (χ3v) is 4.91. The molecule has 2 amide bonds. The Morgan fingerprint density at radius 1 is 0.969 bits per heavy atom. The highest BCUT2D eigenvalue weighted by Gasteiger charge is 2.12. The predicted octanol–water partition coefficient (Wildman–Crippen LogP) is 4.70. The van der Waals surface area contributed by atoms with E-state index in [9.17, 15) is 14.0 Å². The van der Waals surface area contributed by atoms with Crippen LogP contribution in [0, 0.1) is 5.82 Å². The molecule has 0 saturated heterocycles. The molecular formula is C26H25FN2O3. The Labute approximate surface area is 186 Å². The van der Waals surface area contributed by atoms with E-state index >= 15 is 0 Å². The van der Waals surface area contributed by atoms with Crippen molar-refractivity contribution in [2.75, 3.05) is 0 Å². The molecule has 0 aromatic heterocycles. The highest BCUT2D eigenvalue weighted by Crippen LogP contribution is 2.19. The van der Waals surface area contributed by atoms with Crippen LogP contribution in [0.2, 0.25) is 0 Å². The molecule has 0 aliphatic heterocycles. The van der Waals surface area contributed by atoms with Gasteiger partial charge in [0.05, 0.1) is 6.04 Å². The van der Waals surface area contributed by atoms with Gasteiger partial charge in [-0.25, -0.2) is 4.39 Å². The van der Waals surface area contributed by atoms with Crippen LogP contribution in [0.1, 0.15) is 40.0 Å². The molecule has 0 aliphatic rings. The van der Waals surface area contributed by atoms with E-state index in [1.165, 1.54) is 18.2 Å². The first-order valence-electron chi connectivity index (χ1n) is 10.2. The maximum atomic E-state index is 13.0. The van der Waals surface area contributed by atoms with E-state index in [0.29, 0.717) is 24.5 Å². The van der Waals surface area contributed by atoms with Gasteiger partial charge in [-0.1, -0.05) is 43.0 Å². The lowest BCUT2D eigenvalue weighted by Crippen LogP contribution is -2.26. The van der Waals surface area contributed by atoms with Gasteiger partial charge in [0.1, 0.15) is 18.2 Å². The number of carbonyl (C=O) groups excluding carboxylic acids is 2. The summed E-state index contributed by atoms with van der Waals surface area (Å²) in [7, 11) is 0. The monoisotopic (exact) mass is 432 g/mol. The largest absolute Gasteiger partial charge is 0.489 e. The molecule has 1 atom stereocenters. The van der Waals surface area contributed by atoms with Crippen LogP contribution in [0.25, 0.3) is 0 Å². The Kier molecular flexibility index (Phi) is 7.75. The molecule has 164 valence electrons. The first kappa shape index (κ1) is 22.7. The summed E-state index contributed by atoms with van der Waals surface area (Å²) in [6.07, 6.45) is 1.22. The van der Waals surface area contributed by atoms with Crippen LogP contribution in [0.5, 0.6) is 5.75 Å². The van der Waals surface area contributed by atoms with Gasteiger partial charge in [-0.2, -0.15) is 0 Å². The van der Waals surface area contributed by atoms with Crippen LogP contribution in [-0.4, -0.2) is 11.8 Å². The van der Waals surface area contributed by atoms with Crippen molar-refractivity contribution in [2.45, 2.75) is 26.1 Å². The Morgan fingerprint density at radius 2 is 1.59 bits per heavy atom. The van der Waals surface area contributed by atoms with Gasteiger partial charge in [0.25, 0.3) is 5.91 Å². The Bertz CT molecular complexity index is 1060. The van der Waals surface area contributed by atoms with Gasteiger partial charge in [-0.3, -0.25) is 9.59 Å². The Morgan fingerprint density at radius 3 is 2.22 bits per heavy atom. The number of halogens is 1. The standard InChI is InChI=1S/C26H25FN2O3/c1-3-25(30)28-16-19-4-8-22(9-5-19)26(31)29-18(2)21-10-14-24(15-11-21)32-17-20-6-12-23(27)13-7-20/h3-15,18H,1,16-17H2,2H3,(H,28,30)(H,29,31). The first-order chi connectivity index (χ1) is 15.4. The van der Waals surface area contributed by atoms with Crippen LogP contribution in [-0.2, 0) is 17.9 Å². The number of hydrogen-bond donors (Lipinski definition) is 2. The minimum absolute atomic E-state index is 0.184. The van der Waals surface area contributed by atoms with Crippen molar-refractivity contribution in [3.05, 3.63) is 114 Å². The fraction of sp³-hybridized carbons (Fsp3) is 0.154. The Hall–Kier alpha value is -3.93. The lowest BCUT2D eigenvalue weighted by atomic mass is 10.1. The number of carbonyl (C=O) groups is 2. The highest BCUT2D eigenvalue weighted by atomic mass is 19.1. The molecule has 32 heavy (non-hydrogen) atoms. The molecular weight excluding hydrogens is 407 g/mol. The molecule has 0 spiro atoms. The van der Waals surface area contributed by atoms with Crippen molar-refractivity contribution in [1.29, 1.82) is 0 Å². The van der Waals surface area contributed by atoms with Gasteiger partial charge in [-0.05, 0) is 66.1 Å². The normalized spacial score (nSPS) is 11.3. The van der Waals surface area contributed by atoms with E-state index in [1.54, 1.807) is 36.4 Å². The summed E-state index contributed by atoms with van der Waals surface area (Å²) in [6, 6.07) is 20.5. The summed E-state index contributed by atoms with van der Waals surface area (Å²) < 4.78 is 18.7. The van der Waals surface area contributed by atoms with E-state index < -0.39 is 0 Å². The molecule has 0 saturated carbocycles. The molecule has 3 rings (SSSR count). The van der Waals surface area contributed by atoms with Gasteiger partial charge in [0.2, 0.25) is 5.91 Å². The Balaban J connectivity index is 1.51. The maximum Gasteiger partial charge on any atom is 0.251 e. The van der Waals surface area contributed by atoms with Crippen molar-refractivity contribution < 1.29 is 18.7 Å². The summed E-state index contributed by atoms with van der Waals surface area (Å²) in [6.45, 7) is 6.04. The van der Waals surface area contributed by atoms with Crippen LogP contribution in [0.15, 0.2) is 85.5 Å². The zero-order chi connectivity index (χ0) is 22.9. The van der Waals surface area contributed by atoms with E-state index in [-0.39, 0.29) is 23.7 Å². The average molecular weight is 432 g/mol. The van der Waals surface area contributed by atoms with Gasteiger partial charge >= 0.3 is 0 Å². The summed E-state index contributed by atoms with van der Waals surface area (Å²) in [5, 5.41) is 5.67. The lowest BCUT2D eigenvalue weighted by Gasteiger charge is -2.15. The van der Waals surface area contributed by atoms with Gasteiger partial charge in [0.15, 0.2) is 0 Å². The second kappa shape index (κ2) is 10.9. The van der Waals surface area contributed by atoms with Crippen LogP contribution < -0.4 is 15.4 Å². The van der Waals surface area contributed by atoms with Gasteiger partial charge in [-0.15, -0.1) is 0 Å². The predicted molar refractivity (Wildman–Crippen MR) is 122 cm³/mol. The molecule has 2 N–H and O–H groups in total. The molecule has 0 bridgehead atoms. The summed E-state index contributed by atoms with van der Waals surface area (Å²) >= 11 is 0. The second-order valence-corrected chi connectivity index (χ2v) is 7.30. The maximum absolute atomic E-state index is 13.0. The van der Waals surface area contributed by atoms with E-state index in [4.69, 9.17) is 4.74 Å². The minimum Gasteiger partial charge on any atom is -0.489 e. The van der Waals surface area contributed by atoms with Crippen molar-refractivity contribution >= 4 is 11.8 Å². The lowest BCUT2D eigenvalue weighted by molar-refractivity contribution is -0.116. The van der Waals surface area contributed by atoms with E-state index in [1.807, 2.05) is 31.2 Å². The highest BCUT2D eigenvalue weighted by molar-refractivity contribution is 5.94. The third-order valence-electron chi connectivity index (χ3n) is 4.91. The number of nitrogens with one attached hydrogen (secondary N) is 2. The number of rotatable bonds is 9. The topological polar surface area (TPSA) is 67.4 Å².